The van der Waals surface area contributed by atoms with Gasteiger partial charge in [-0.05, 0) is 32.1 Å². The van der Waals surface area contributed by atoms with Crippen molar-refractivity contribution >= 4 is 11.8 Å². The van der Waals surface area contributed by atoms with E-state index in [2.05, 4.69) is 5.32 Å². The molecule has 3 unspecified atom stereocenters. The Labute approximate surface area is 107 Å². The van der Waals surface area contributed by atoms with Crippen LogP contribution in [0.5, 0.6) is 0 Å². The second kappa shape index (κ2) is 4.53. The maximum absolute atomic E-state index is 12.0. The van der Waals surface area contributed by atoms with Crippen molar-refractivity contribution in [3.63, 3.8) is 0 Å². The Morgan fingerprint density at radius 3 is 2.67 bits per heavy atom. The average molecular weight is 251 g/mol. The molecule has 3 aliphatic rings. The van der Waals surface area contributed by atoms with E-state index in [-0.39, 0.29) is 29.8 Å². The molecule has 18 heavy (non-hydrogen) atoms. The molecule has 0 spiro atoms. The molecule has 0 aromatic rings. The molecule has 3 atom stereocenters. The molecule has 0 aromatic carbocycles. The van der Waals surface area contributed by atoms with E-state index in [9.17, 15) is 9.59 Å². The van der Waals surface area contributed by atoms with E-state index in [1.165, 1.54) is 0 Å². The van der Waals surface area contributed by atoms with Gasteiger partial charge < -0.3 is 16.0 Å². The van der Waals surface area contributed by atoms with Crippen molar-refractivity contribution < 1.29 is 9.59 Å². The van der Waals surface area contributed by atoms with Gasteiger partial charge in [0.15, 0.2) is 0 Å². The van der Waals surface area contributed by atoms with Crippen LogP contribution >= 0.6 is 0 Å². The fourth-order valence-electron chi connectivity index (χ4n) is 3.14. The largest absolute Gasteiger partial charge is 0.351 e. The normalized spacial score (nSPS) is 36.2. The molecule has 100 valence electrons. The predicted octanol–water partition coefficient (Wildman–Crippen LogP) is -0.00670. The molecule has 2 amide bonds. The van der Waals surface area contributed by atoms with Gasteiger partial charge in [0.1, 0.15) is 0 Å². The number of nitrogens with one attached hydrogen (secondary N) is 1. The molecule has 5 nitrogen and oxygen atoms in total. The van der Waals surface area contributed by atoms with Crippen molar-refractivity contribution in [3.8, 4) is 0 Å². The Morgan fingerprint density at radius 2 is 2.06 bits per heavy atom. The zero-order valence-corrected chi connectivity index (χ0v) is 10.6. The Balaban J connectivity index is 1.51. The van der Waals surface area contributed by atoms with Gasteiger partial charge in [-0.25, -0.2) is 0 Å². The first kappa shape index (κ1) is 12.0. The summed E-state index contributed by atoms with van der Waals surface area (Å²) in [7, 11) is 0. The molecule has 1 heterocycles. The SMILES string of the molecule is NC1CCC(C(=O)NC2CC(=O)N(C3CC3)C2)C1. The van der Waals surface area contributed by atoms with E-state index in [4.69, 9.17) is 5.73 Å². The summed E-state index contributed by atoms with van der Waals surface area (Å²) in [6, 6.07) is 0.649. The standard InChI is InChI=1S/C13H21N3O2/c14-9-2-1-8(5-9)13(18)15-10-6-12(17)16(7-10)11-3-4-11/h8-11H,1-7,14H2,(H,15,18). The van der Waals surface area contributed by atoms with Crippen LogP contribution in [0, 0.1) is 5.92 Å². The zero-order valence-electron chi connectivity index (χ0n) is 10.6. The van der Waals surface area contributed by atoms with Crippen LogP contribution in [0.15, 0.2) is 0 Å². The molecule has 0 aromatic heterocycles. The Hall–Kier alpha value is -1.10. The number of nitrogens with two attached hydrogens (primary N) is 1. The fourth-order valence-corrected chi connectivity index (χ4v) is 3.14. The molecular formula is C13H21N3O2. The number of hydrogen-bond acceptors (Lipinski definition) is 3. The highest BCUT2D eigenvalue weighted by Gasteiger charge is 2.40. The summed E-state index contributed by atoms with van der Waals surface area (Å²) in [4.78, 5) is 25.8. The van der Waals surface area contributed by atoms with E-state index in [1.807, 2.05) is 4.90 Å². The van der Waals surface area contributed by atoms with Crippen LogP contribution in [0.2, 0.25) is 0 Å². The lowest BCUT2D eigenvalue weighted by atomic mass is 10.1. The van der Waals surface area contributed by atoms with Crippen molar-refractivity contribution in [1.82, 2.24) is 10.2 Å². The van der Waals surface area contributed by atoms with Crippen molar-refractivity contribution in [3.05, 3.63) is 0 Å². The lowest BCUT2D eigenvalue weighted by Crippen LogP contribution is -2.40. The molecule has 0 radical (unpaired) electrons. The van der Waals surface area contributed by atoms with Gasteiger partial charge in [-0.2, -0.15) is 0 Å². The highest BCUT2D eigenvalue weighted by Crippen LogP contribution is 2.31. The first-order valence-electron chi connectivity index (χ1n) is 6.99. The number of nitrogens with zero attached hydrogens (tertiary/aromatic N) is 1. The van der Waals surface area contributed by atoms with Gasteiger partial charge in [-0.3, -0.25) is 9.59 Å². The molecular weight excluding hydrogens is 230 g/mol. The van der Waals surface area contributed by atoms with E-state index < -0.39 is 0 Å². The Bertz CT molecular complexity index is 367. The highest BCUT2D eigenvalue weighted by molar-refractivity contribution is 5.83. The van der Waals surface area contributed by atoms with Crippen LogP contribution in [0.25, 0.3) is 0 Å². The molecule has 5 heteroatoms. The van der Waals surface area contributed by atoms with Crippen molar-refractivity contribution in [2.24, 2.45) is 11.7 Å². The number of amides is 2. The molecule has 3 fully saturated rings. The summed E-state index contributed by atoms with van der Waals surface area (Å²) < 4.78 is 0. The van der Waals surface area contributed by atoms with Crippen molar-refractivity contribution in [1.29, 1.82) is 0 Å². The predicted molar refractivity (Wildman–Crippen MR) is 66.6 cm³/mol. The van der Waals surface area contributed by atoms with Gasteiger partial charge in [-0.1, -0.05) is 0 Å². The average Bonchev–Trinajstić information content (AvgIpc) is 2.97. The topological polar surface area (TPSA) is 75.4 Å². The summed E-state index contributed by atoms with van der Waals surface area (Å²) in [5, 5.41) is 3.03. The molecule has 3 N–H and O–H groups in total. The van der Waals surface area contributed by atoms with Crippen LogP contribution in [0.4, 0.5) is 0 Å². The van der Waals surface area contributed by atoms with E-state index in [0.717, 1.165) is 32.1 Å². The van der Waals surface area contributed by atoms with Gasteiger partial charge in [0.2, 0.25) is 11.8 Å². The van der Waals surface area contributed by atoms with Gasteiger partial charge in [0.05, 0.1) is 6.04 Å². The summed E-state index contributed by atoms with van der Waals surface area (Å²) in [5.74, 6) is 0.356. The summed E-state index contributed by atoms with van der Waals surface area (Å²) in [6.45, 7) is 0.702. The first-order valence-corrected chi connectivity index (χ1v) is 6.99. The number of carbonyl (C=O) groups is 2. The monoisotopic (exact) mass is 251 g/mol. The number of rotatable bonds is 3. The van der Waals surface area contributed by atoms with E-state index in [1.54, 1.807) is 0 Å². The maximum Gasteiger partial charge on any atom is 0.225 e. The fraction of sp³-hybridized carbons (Fsp3) is 0.846. The zero-order chi connectivity index (χ0) is 12.7. The summed E-state index contributed by atoms with van der Waals surface area (Å²) >= 11 is 0. The summed E-state index contributed by atoms with van der Waals surface area (Å²) in [5.41, 5.74) is 5.82. The third-order valence-electron chi connectivity index (χ3n) is 4.34. The van der Waals surface area contributed by atoms with Crippen molar-refractivity contribution in [2.75, 3.05) is 6.54 Å². The quantitative estimate of drug-likeness (QED) is 0.741. The molecule has 2 saturated carbocycles. The van der Waals surface area contributed by atoms with Crippen LogP contribution in [-0.2, 0) is 9.59 Å². The van der Waals surface area contributed by atoms with Crippen molar-refractivity contribution in [2.45, 2.75) is 56.7 Å². The van der Waals surface area contributed by atoms with Gasteiger partial charge in [0, 0.05) is 31.0 Å². The Morgan fingerprint density at radius 1 is 1.28 bits per heavy atom. The minimum absolute atomic E-state index is 0.0161. The third kappa shape index (κ3) is 2.36. The second-order valence-corrected chi connectivity index (χ2v) is 5.96. The molecule has 1 saturated heterocycles. The van der Waals surface area contributed by atoms with Gasteiger partial charge in [-0.15, -0.1) is 0 Å². The molecule has 0 bridgehead atoms. The molecule has 1 aliphatic heterocycles. The minimum atomic E-state index is 0.0161. The van der Waals surface area contributed by atoms with Gasteiger partial charge >= 0.3 is 0 Å². The third-order valence-corrected chi connectivity index (χ3v) is 4.34. The molecule has 3 rings (SSSR count). The number of carbonyl (C=O) groups excluding carboxylic acids is 2. The summed E-state index contributed by atoms with van der Waals surface area (Å²) in [6.07, 6.45) is 5.35. The van der Waals surface area contributed by atoms with E-state index >= 15 is 0 Å². The second-order valence-electron chi connectivity index (χ2n) is 5.96. The first-order chi connectivity index (χ1) is 8.63. The lowest BCUT2D eigenvalue weighted by Gasteiger charge is -2.17. The van der Waals surface area contributed by atoms with Crippen LogP contribution in [-0.4, -0.2) is 41.4 Å². The number of likely N-dealkylation sites (tertiary alicyclic amines) is 1. The number of hydrogen-bond donors (Lipinski definition) is 2. The highest BCUT2D eigenvalue weighted by atomic mass is 16.2. The maximum atomic E-state index is 12.0. The smallest absolute Gasteiger partial charge is 0.225 e. The van der Waals surface area contributed by atoms with Crippen LogP contribution < -0.4 is 11.1 Å². The minimum Gasteiger partial charge on any atom is -0.351 e. The van der Waals surface area contributed by atoms with Crippen LogP contribution in [0.3, 0.4) is 0 Å². The van der Waals surface area contributed by atoms with Crippen LogP contribution in [0.1, 0.15) is 38.5 Å². The van der Waals surface area contributed by atoms with Gasteiger partial charge in [0.25, 0.3) is 0 Å². The Kier molecular flexibility index (Phi) is 3.01. The molecule has 2 aliphatic carbocycles. The lowest BCUT2D eigenvalue weighted by molar-refractivity contribution is -0.128. The van der Waals surface area contributed by atoms with E-state index in [0.29, 0.717) is 19.0 Å².